The second kappa shape index (κ2) is 4.04. The summed E-state index contributed by atoms with van der Waals surface area (Å²) < 4.78 is 0. The van der Waals surface area contributed by atoms with E-state index in [4.69, 9.17) is 5.26 Å². The van der Waals surface area contributed by atoms with Crippen molar-refractivity contribution in [3.63, 3.8) is 0 Å². The van der Waals surface area contributed by atoms with Gasteiger partial charge < -0.3 is 0 Å². The highest BCUT2D eigenvalue weighted by Gasteiger charge is 2.41. The quantitative estimate of drug-likeness (QED) is 0.813. The fraction of sp³-hybridized carbons (Fsp3) is 0.462. The van der Waals surface area contributed by atoms with Crippen molar-refractivity contribution in [2.45, 2.75) is 31.8 Å². The molecule has 1 saturated carbocycles. The molecule has 78 valence electrons. The van der Waals surface area contributed by atoms with Crippen molar-refractivity contribution < 1.29 is 0 Å². The predicted octanol–water partition coefficient (Wildman–Crippen LogP) is 2.47. The van der Waals surface area contributed by atoms with Gasteiger partial charge in [0.1, 0.15) is 5.54 Å². The molecule has 0 radical (unpaired) electrons. The van der Waals surface area contributed by atoms with E-state index in [-0.39, 0.29) is 5.54 Å². The van der Waals surface area contributed by atoms with E-state index in [9.17, 15) is 0 Å². The van der Waals surface area contributed by atoms with Gasteiger partial charge >= 0.3 is 0 Å². The highest BCUT2D eigenvalue weighted by Crippen LogP contribution is 2.36. The van der Waals surface area contributed by atoms with Gasteiger partial charge in [-0.1, -0.05) is 37.3 Å². The molecule has 1 aliphatic carbocycles. The first-order chi connectivity index (χ1) is 7.24. The molecule has 0 saturated heterocycles. The fourth-order valence-corrected chi connectivity index (χ4v) is 2.27. The van der Waals surface area contributed by atoms with Crippen LogP contribution in [0.2, 0.25) is 0 Å². The molecule has 1 N–H and O–H groups in total. The molecule has 1 aromatic rings. The van der Waals surface area contributed by atoms with E-state index in [0.717, 1.165) is 19.4 Å². The monoisotopic (exact) mass is 200 g/mol. The third kappa shape index (κ3) is 2.19. The second-order valence-corrected chi connectivity index (χ2v) is 4.55. The van der Waals surface area contributed by atoms with Crippen LogP contribution in [0.4, 0.5) is 0 Å². The van der Waals surface area contributed by atoms with Crippen molar-refractivity contribution >= 4 is 0 Å². The summed E-state index contributed by atoms with van der Waals surface area (Å²) >= 11 is 0. The maximum atomic E-state index is 9.12. The Morgan fingerprint density at radius 3 is 2.60 bits per heavy atom. The van der Waals surface area contributed by atoms with Crippen molar-refractivity contribution in [3.05, 3.63) is 35.9 Å². The maximum absolute atomic E-state index is 9.12. The molecule has 0 spiro atoms. The second-order valence-electron chi connectivity index (χ2n) is 4.55. The predicted molar refractivity (Wildman–Crippen MR) is 60.0 cm³/mol. The average Bonchev–Trinajstić information content (AvgIpc) is 2.24. The van der Waals surface area contributed by atoms with Gasteiger partial charge in [0, 0.05) is 6.54 Å². The minimum absolute atomic E-state index is 0.255. The number of nitriles is 1. The first-order valence-electron chi connectivity index (χ1n) is 5.44. The molecule has 0 heterocycles. The summed E-state index contributed by atoms with van der Waals surface area (Å²) in [6.45, 7) is 2.99. The van der Waals surface area contributed by atoms with Crippen LogP contribution in [-0.2, 0) is 6.54 Å². The summed E-state index contributed by atoms with van der Waals surface area (Å²) in [5.74, 6) is 0.688. The molecule has 2 rings (SSSR count). The van der Waals surface area contributed by atoms with E-state index < -0.39 is 0 Å². The Hall–Kier alpha value is -1.33. The fourth-order valence-electron chi connectivity index (χ4n) is 2.27. The third-order valence-electron chi connectivity index (χ3n) is 3.08. The molecule has 0 aliphatic heterocycles. The van der Waals surface area contributed by atoms with Gasteiger partial charge in [-0.3, -0.25) is 5.32 Å². The molecule has 15 heavy (non-hydrogen) atoms. The molecule has 1 fully saturated rings. The van der Waals surface area contributed by atoms with Crippen LogP contribution in [-0.4, -0.2) is 5.54 Å². The lowest BCUT2D eigenvalue weighted by molar-refractivity contribution is 0.171. The van der Waals surface area contributed by atoms with Crippen LogP contribution in [0.3, 0.4) is 0 Å². The first-order valence-corrected chi connectivity index (χ1v) is 5.44. The molecule has 1 aliphatic rings. The zero-order valence-corrected chi connectivity index (χ0v) is 9.03. The van der Waals surface area contributed by atoms with E-state index in [0.29, 0.717) is 5.92 Å². The number of hydrogen-bond donors (Lipinski definition) is 1. The molecule has 0 atom stereocenters. The lowest BCUT2D eigenvalue weighted by atomic mass is 9.70. The summed E-state index contributed by atoms with van der Waals surface area (Å²) in [5, 5.41) is 12.5. The van der Waals surface area contributed by atoms with Gasteiger partial charge in [0.05, 0.1) is 6.07 Å². The zero-order valence-electron chi connectivity index (χ0n) is 9.03. The highest BCUT2D eigenvalue weighted by molar-refractivity contribution is 5.19. The standard InChI is InChI=1S/C13H16N2/c1-11-7-13(8-11,10-14)15-9-12-5-3-2-4-6-12/h2-6,11,15H,7-9H2,1H3. The Morgan fingerprint density at radius 1 is 1.40 bits per heavy atom. The summed E-state index contributed by atoms with van der Waals surface area (Å²) in [6.07, 6.45) is 1.96. The first kappa shape index (κ1) is 10.2. The molecular weight excluding hydrogens is 184 g/mol. The molecule has 1 aromatic carbocycles. The summed E-state index contributed by atoms with van der Waals surface area (Å²) in [6, 6.07) is 12.6. The smallest absolute Gasteiger partial charge is 0.107 e. The average molecular weight is 200 g/mol. The van der Waals surface area contributed by atoms with E-state index in [1.54, 1.807) is 0 Å². The maximum Gasteiger partial charge on any atom is 0.107 e. The van der Waals surface area contributed by atoms with E-state index in [2.05, 4.69) is 30.4 Å². The van der Waals surface area contributed by atoms with Crippen molar-refractivity contribution in [1.29, 1.82) is 5.26 Å². The SMILES string of the molecule is CC1CC(C#N)(NCc2ccccc2)C1. The van der Waals surface area contributed by atoms with Crippen LogP contribution >= 0.6 is 0 Å². The van der Waals surface area contributed by atoms with Crippen molar-refractivity contribution in [2.75, 3.05) is 0 Å². The van der Waals surface area contributed by atoms with Gasteiger partial charge in [-0.2, -0.15) is 5.26 Å². The largest absolute Gasteiger partial charge is 0.295 e. The van der Waals surface area contributed by atoms with Crippen LogP contribution in [0.5, 0.6) is 0 Å². The van der Waals surface area contributed by atoms with Crippen LogP contribution in [0, 0.1) is 17.2 Å². The molecule has 0 amide bonds. The number of benzene rings is 1. The van der Waals surface area contributed by atoms with Crippen LogP contribution in [0.1, 0.15) is 25.3 Å². The van der Waals surface area contributed by atoms with Gasteiger partial charge in [0.15, 0.2) is 0 Å². The van der Waals surface area contributed by atoms with E-state index in [1.807, 2.05) is 18.2 Å². The minimum Gasteiger partial charge on any atom is -0.295 e. The van der Waals surface area contributed by atoms with Gasteiger partial charge in [-0.05, 0) is 24.3 Å². The van der Waals surface area contributed by atoms with Gasteiger partial charge in [0.25, 0.3) is 0 Å². The summed E-state index contributed by atoms with van der Waals surface area (Å²) in [7, 11) is 0. The Balaban J connectivity index is 1.91. The summed E-state index contributed by atoms with van der Waals surface area (Å²) in [4.78, 5) is 0. The number of nitrogens with zero attached hydrogens (tertiary/aromatic N) is 1. The number of rotatable bonds is 3. The Morgan fingerprint density at radius 2 is 2.07 bits per heavy atom. The van der Waals surface area contributed by atoms with Gasteiger partial charge in [0.2, 0.25) is 0 Å². The summed E-state index contributed by atoms with van der Waals surface area (Å²) in [5.41, 5.74) is 0.988. The number of hydrogen-bond acceptors (Lipinski definition) is 2. The number of nitrogens with one attached hydrogen (secondary N) is 1. The lowest BCUT2D eigenvalue weighted by Crippen LogP contribution is -2.53. The van der Waals surface area contributed by atoms with Gasteiger partial charge in [-0.25, -0.2) is 0 Å². The molecule has 2 nitrogen and oxygen atoms in total. The molecule has 0 unspecified atom stereocenters. The molecule has 2 heteroatoms. The van der Waals surface area contributed by atoms with Gasteiger partial charge in [-0.15, -0.1) is 0 Å². The van der Waals surface area contributed by atoms with E-state index >= 15 is 0 Å². The van der Waals surface area contributed by atoms with Crippen molar-refractivity contribution in [2.24, 2.45) is 5.92 Å². The highest BCUT2D eigenvalue weighted by atomic mass is 15.0. The molecule has 0 bridgehead atoms. The molecular formula is C13H16N2. The zero-order chi connectivity index (χ0) is 10.7. The third-order valence-corrected chi connectivity index (χ3v) is 3.08. The minimum atomic E-state index is -0.255. The normalized spacial score (nSPS) is 29.2. The topological polar surface area (TPSA) is 35.8 Å². The van der Waals surface area contributed by atoms with Crippen molar-refractivity contribution in [1.82, 2.24) is 5.32 Å². The van der Waals surface area contributed by atoms with E-state index in [1.165, 1.54) is 5.56 Å². The van der Waals surface area contributed by atoms with Crippen LogP contribution < -0.4 is 5.32 Å². The Kier molecular flexibility index (Phi) is 2.75. The van der Waals surface area contributed by atoms with Crippen molar-refractivity contribution in [3.8, 4) is 6.07 Å². The lowest BCUT2D eigenvalue weighted by Gasteiger charge is -2.41. The Bertz CT molecular complexity index is 358. The molecule has 0 aromatic heterocycles. The van der Waals surface area contributed by atoms with Crippen LogP contribution in [0.25, 0.3) is 0 Å². The Labute approximate surface area is 90.9 Å². The van der Waals surface area contributed by atoms with Crippen LogP contribution in [0.15, 0.2) is 30.3 Å².